The van der Waals surface area contributed by atoms with Crippen molar-refractivity contribution in [3.05, 3.63) is 76.5 Å². The van der Waals surface area contributed by atoms with Crippen molar-refractivity contribution in [2.45, 2.75) is 20.3 Å². The molecule has 1 aliphatic heterocycles. The second-order valence-electron chi connectivity index (χ2n) is 9.35. The fraction of sp³-hybridized carbons (Fsp3) is 0.233. The van der Waals surface area contributed by atoms with Crippen molar-refractivity contribution < 1.29 is 14.3 Å². The molecule has 0 amide bonds. The van der Waals surface area contributed by atoms with Crippen molar-refractivity contribution in [2.24, 2.45) is 7.05 Å². The van der Waals surface area contributed by atoms with Crippen LogP contribution in [-0.4, -0.2) is 40.6 Å². The molecule has 0 unspecified atom stereocenters. The molecule has 8 heteroatoms. The fourth-order valence-corrected chi connectivity index (χ4v) is 6.31. The molecule has 0 N–H and O–H groups in total. The minimum absolute atomic E-state index is 0.197. The zero-order chi connectivity index (χ0) is 26.4. The number of rotatable bonds is 6. The average Bonchev–Trinajstić information content (AvgIpc) is 3.64. The van der Waals surface area contributed by atoms with Gasteiger partial charge in [-0.1, -0.05) is 29.8 Å². The molecule has 6 nitrogen and oxygen atoms in total. The first kappa shape index (κ1) is 24.8. The molecule has 0 bridgehead atoms. The third-order valence-electron chi connectivity index (χ3n) is 6.88. The van der Waals surface area contributed by atoms with Gasteiger partial charge in [-0.2, -0.15) is 5.10 Å². The predicted molar refractivity (Wildman–Crippen MR) is 154 cm³/mol. The Morgan fingerprint density at radius 1 is 1.16 bits per heavy atom. The SMILES string of the molecule is CCOC(=O)Cc1c(C)cc2nc(-c3ccc4c(c3)c(C3=CCOC3)nn4C)sc2c1-c1ccc(Cl)cc1. The third kappa shape index (κ3) is 4.41. The molecule has 3 heterocycles. The number of esters is 1. The molecule has 0 saturated heterocycles. The summed E-state index contributed by atoms with van der Waals surface area (Å²) in [7, 11) is 1.96. The molecule has 38 heavy (non-hydrogen) atoms. The number of hydrogen-bond donors (Lipinski definition) is 0. The summed E-state index contributed by atoms with van der Waals surface area (Å²) in [5.74, 6) is -0.241. The number of hydrogen-bond acceptors (Lipinski definition) is 6. The van der Waals surface area contributed by atoms with Gasteiger partial charge in [-0.05, 0) is 66.9 Å². The van der Waals surface area contributed by atoms with Crippen LogP contribution in [0.2, 0.25) is 5.02 Å². The summed E-state index contributed by atoms with van der Waals surface area (Å²) in [5, 5.41) is 7.43. The van der Waals surface area contributed by atoms with Crippen molar-refractivity contribution in [2.75, 3.05) is 19.8 Å². The number of aromatic nitrogens is 3. The smallest absolute Gasteiger partial charge is 0.310 e. The Kier molecular flexibility index (Phi) is 6.51. The fourth-order valence-electron chi connectivity index (χ4n) is 5.05. The van der Waals surface area contributed by atoms with E-state index in [0.717, 1.165) is 65.2 Å². The van der Waals surface area contributed by atoms with Crippen LogP contribution in [0.4, 0.5) is 0 Å². The Morgan fingerprint density at radius 2 is 1.95 bits per heavy atom. The lowest BCUT2D eigenvalue weighted by Crippen LogP contribution is -2.09. The molecule has 192 valence electrons. The van der Waals surface area contributed by atoms with Gasteiger partial charge in [-0.3, -0.25) is 9.48 Å². The highest BCUT2D eigenvalue weighted by molar-refractivity contribution is 7.22. The van der Waals surface area contributed by atoms with Crippen molar-refractivity contribution in [3.8, 4) is 21.7 Å². The first-order valence-electron chi connectivity index (χ1n) is 12.5. The van der Waals surface area contributed by atoms with Gasteiger partial charge in [0.05, 0.1) is 47.7 Å². The number of carbonyl (C=O) groups is 1. The maximum absolute atomic E-state index is 12.6. The van der Waals surface area contributed by atoms with Crippen molar-refractivity contribution in [1.29, 1.82) is 0 Å². The van der Waals surface area contributed by atoms with Gasteiger partial charge in [0.15, 0.2) is 0 Å². The summed E-state index contributed by atoms with van der Waals surface area (Å²) < 4.78 is 13.8. The van der Waals surface area contributed by atoms with Crippen LogP contribution in [0.15, 0.2) is 54.6 Å². The molecule has 5 aromatic rings. The van der Waals surface area contributed by atoms with Crippen LogP contribution < -0.4 is 0 Å². The van der Waals surface area contributed by atoms with Gasteiger partial charge in [0, 0.05) is 34.2 Å². The number of carbonyl (C=O) groups excluding carboxylic acids is 1. The van der Waals surface area contributed by atoms with E-state index in [2.05, 4.69) is 30.3 Å². The number of benzene rings is 3. The molecule has 0 fully saturated rings. The average molecular weight is 544 g/mol. The van der Waals surface area contributed by atoms with Crippen molar-refractivity contribution in [1.82, 2.24) is 14.8 Å². The van der Waals surface area contributed by atoms with E-state index in [-0.39, 0.29) is 12.4 Å². The Bertz CT molecular complexity index is 1730. The maximum atomic E-state index is 12.6. The van der Waals surface area contributed by atoms with Crippen LogP contribution in [-0.2, 0) is 27.7 Å². The highest BCUT2D eigenvalue weighted by atomic mass is 35.5. The Balaban J connectivity index is 1.53. The van der Waals surface area contributed by atoms with Gasteiger partial charge < -0.3 is 9.47 Å². The summed E-state index contributed by atoms with van der Waals surface area (Å²) in [6.07, 6.45) is 2.29. The second-order valence-corrected chi connectivity index (χ2v) is 10.8. The van der Waals surface area contributed by atoms with E-state index < -0.39 is 0 Å². The monoisotopic (exact) mass is 543 g/mol. The molecular weight excluding hydrogens is 518 g/mol. The molecule has 1 aliphatic rings. The van der Waals surface area contributed by atoms with Crippen LogP contribution in [0.5, 0.6) is 0 Å². The highest BCUT2D eigenvalue weighted by Crippen LogP contribution is 2.42. The van der Waals surface area contributed by atoms with Crippen molar-refractivity contribution in [3.63, 3.8) is 0 Å². The van der Waals surface area contributed by atoms with Gasteiger partial charge >= 0.3 is 5.97 Å². The summed E-state index contributed by atoms with van der Waals surface area (Å²) in [4.78, 5) is 17.6. The summed E-state index contributed by atoms with van der Waals surface area (Å²) in [6, 6.07) is 16.2. The normalized spacial score (nSPS) is 13.4. The third-order valence-corrected chi connectivity index (χ3v) is 8.27. The lowest BCUT2D eigenvalue weighted by atomic mass is 9.93. The molecule has 0 spiro atoms. The molecule has 0 atom stereocenters. The van der Waals surface area contributed by atoms with E-state index in [1.165, 1.54) is 0 Å². The molecule has 0 saturated carbocycles. The minimum Gasteiger partial charge on any atom is -0.466 e. The van der Waals surface area contributed by atoms with E-state index in [0.29, 0.717) is 24.8 Å². The highest BCUT2D eigenvalue weighted by Gasteiger charge is 2.21. The number of aryl methyl sites for hydroxylation is 2. The zero-order valence-electron chi connectivity index (χ0n) is 21.4. The first-order valence-corrected chi connectivity index (χ1v) is 13.7. The van der Waals surface area contributed by atoms with E-state index in [4.69, 9.17) is 31.2 Å². The number of fused-ring (bicyclic) bond motifs is 2. The topological polar surface area (TPSA) is 66.2 Å². The number of halogens is 1. The number of nitrogens with zero attached hydrogens (tertiary/aromatic N) is 3. The lowest BCUT2D eigenvalue weighted by Gasteiger charge is -2.14. The van der Waals surface area contributed by atoms with Crippen LogP contribution >= 0.6 is 22.9 Å². The summed E-state index contributed by atoms with van der Waals surface area (Å²) >= 11 is 7.83. The molecular formula is C30H26ClN3O3S. The standard InChI is InChI=1S/C30H26ClN3O3S/c1-4-37-26(35)15-22-17(2)13-24-29(27(22)18-5-8-21(31)9-6-18)38-30(32-24)19-7-10-25-23(14-19)28(33-34(25)3)20-11-12-36-16-20/h5-11,13-14H,4,12,15-16H2,1-3H3. The number of ether oxygens (including phenoxy) is 2. The number of thiazole rings is 1. The molecule has 3 aromatic carbocycles. The van der Waals surface area contributed by atoms with Crippen LogP contribution in [0.3, 0.4) is 0 Å². The van der Waals surface area contributed by atoms with E-state index in [1.54, 1.807) is 11.3 Å². The second kappa shape index (κ2) is 9.98. The van der Waals surface area contributed by atoms with E-state index >= 15 is 0 Å². The van der Waals surface area contributed by atoms with E-state index in [9.17, 15) is 4.79 Å². The van der Waals surface area contributed by atoms with E-state index in [1.807, 2.05) is 49.8 Å². The molecule has 2 aromatic heterocycles. The Hall–Kier alpha value is -3.52. The van der Waals surface area contributed by atoms with Gasteiger partial charge in [-0.25, -0.2) is 4.98 Å². The molecule has 6 rings (SSSR count). The van der Waals surface area contributed by atoms with Crippen LogP contribution in [0, 0.1) is 6.92 Å². The Labute approximate surface area is 229 Å². The molecule has 0 aliphatic carbocycles. The first-order chi connectivity index (χ1) is 18.4. The van der Waals surface area contributed by atoms with Crippen LogP contribution in [0.25, 0.3) is 48.4 Å². The van der Waals surface area contributed by atoms with Gasteiger partial charge in [-0.15, -0.1) is 11.3 Å². The summed E-state index contributed by atoms with van der Waals surface area (Å²) in [6.45, 7) is 5.39. The maximum Gasteiger partial charge on any atom is 0.310 e. The van der Waals surface area contributed by atoms with Gasteiger partial charge in [0.25, 0.3) is 0 Å². The van der Waals surface area contributed by atoms with Gasteiger partial charge in [0.1, 0.15) is 5.01 Å². The predicted octanol–water partition coefficient (Wildman–Crippen LogP) is 7.00. The van der Waals surface area contributed by atoms with Crippen LogP contribution in [0.1, 0.15) is 23.7 Å². The Morgan fingerprint density at radius 3 is 2.68 bits per heavy atom. The van der Waals surface area contributed by atoms with Gasteiger partial charge in [0.2, 0.25) is 0 Å². The lowest BCUT2D eigenvalue weighted by molar-refractivity contribution is -0.142. The largest absolute Gasteiger partial charge is 0.466 e. The zero-order valence-corrected chi connectivity index (χ0v) is 22.9. The molecule has 0 radical (unpaired) electrons. The van der Waals surface area contributed by atoms with Crippen molar-refractivity contribution >= 4 is 55.6 Å². The quantitative estimate of drug-likeness (QED) is 0.216. The summed E-state index contributed by atoms with van der Waals surface area (Å²) in [5.41, 5.74) is 9.01. The minimum atomic E-state index is -0.241.